The summed E-state index contributed by atoms with van der Waals surface area (Å²) in [5, 5.41) is 1.24. The van der Waals surface area contributed by atoms with Gasteiger partial charge in [-0.3, -0.25) is 0 Å². The second-order valence-corrected chi connectivity index (χ2v) is 7.57. The monoisotopic (exact) mass is 278 g/mol. The summed E-state index contributed by atoms with van der Waals surface area (Å²) in [5.41, 5.74) is 7.96. The van der Waals surface area contributed by atoms with Gasteiger partial charge in [-0.05, 0) is 57.3 Å². The van der Waals surface area contributed by atoms with Crippen LogP contribution in [0.3, 0.4) is 0 Å². The highest BCUT2D eigenvalue weighted by Gasteiger charge is 2.36. The Morgan fingerprint density at radius 1 is 1.26 bits per heavy atom. The van der Waals surface area contributed by atoms with Crippen LogP contribution in [0.4, 0.5) is 0 Å². The van der Waals surface area contributed by atoms with Crippen molar-refractivity contribution < 1.29 is 0 Å². The molecule has 2 aliphatic carbocycles. The molecule has 2 N–H and O–H groups in total. The van der Waals surface area contributed by atoms with Gasteiger partial charge in [0.1, 0.15) is 5.01 Å². The lowest BCUT2D eigenvalue weighted by molar-refractivity contribution is 0.225. The number of thiazole rings is 1. The van der Waals surface area contributed by atoms with Crippen molar-refractivity contribution in [3.63, 3.8) is 0 Å². The van der Waals surface area contributed by atoms with Crippen molar-refractivity contribution in [1.29, 1.82) is 0 Å². The van der Waals surface area contributed by atoms with E-state index in [1.54, 1.807) is 0 Å². The molecule has 0 unspecified atom stereocenters. The predicted octanol–water partition coefficient (Wildman–Crippen LogP) is 4.17. The van der Waals surface area contributed by atoms with Crippen molar-refractivity contribution in [2.75, 3.05) is 0 Å². The van der Waals surface area contributed by atoms with E-state index in [4.69, 9.17) is 10.7 Å². The standard InChI is InChI=1S/C16H26N2S/c1-2-5-12-8-10-16(17,11-9-12)15-18-13-6-3-4-7-14(13)19-15/h12H,2-11,17H2,1H3. The van der Waals surface area contributed by atoms with E-state index in [-0.39, 0.29) is 5.54 Å². The highest BCUT2D eigenvalue weighted by molar-refractivity contribution is 7.11. The molecule has 1 aromatic heterocycles. The molecule has 2 aliphatic rings. The van der Waals surface area contributed by atoms with Crippen LogP contribution in [0.15, 0.2) is 0 Å². The lowest BCUT2D eigenvalue weighted by Crippen LogP contribution is -2.40. The molecule has 0 radical (unpaired) electrons. The van der Waals surface area contributed by atoms with Crippen LogP contribution < -0.4 is 5.73 Å². The van der Waals surface area contributed by atoms with E-state index < -0.39 is 0 Å². The minimum absolute atomic E-state index is 0.105. The van der Waals surface area contributed by atoms with Crippen LogP contribution in [0.1, 0.15) is 73.9 Å². The summed E-state index contributed by atoms with van der Waals surface area (Å²) in [5.74, 6) is 0.913. The van der Waals surface area contributed by atoms with Gasteiger partial charge in [0.15, 0.2) is 0 Å². The third kappa shape index (κ3) is 2.73. The van der Waals surface area contributed by atoms with Crippen LogP contribution in [0.25, 0.3) is 0 Å². The lowest BCUT2D eigenvalue weighted by Gasteiger charge is -2.35. The number of aromatic nitrogens is 1. The molecule has 1 saturated carbocycles. The van der Waals surface area contributed by atoms with Gasteiger partial charge in [0.25, 0.3) is 0 Å². The van der Waals surface area contributed by atoms with Gasteiger partial charge in [0.05, 0.1) is 11.2 Å². The zero-order valence-electron chi connectivity index (χ0n) is 12.1. The average Bonchev–Trinajstić information content (AvgIpc) is 2.86. The van der Waals surface area contributed by atoms with Gasteiger partial charge in [-0.2, -0.15) is 0 Å². The highest BCUT2D eigenvalue weighted by Crippen LogP contribution is 2.42. The second kappa shape index (κ2) is 5.53. The Balaban J connectivity index is 1.73. The number of fused-ring (bicyclic) bond motifs is 1. The maximum Gasteiger partial charge on any atom is 0.113 e. The minimum atomic E-state index is -0.105. The minimum Gasteiger partial charge on any atom is -0.319 e. The fourth-order valence-corrected chi connectivity index (χ4v) is 4.98. The molecule has 1 fully saturated rings. The van der Waals surface area contributed by atoms with E-state index in [1.165, 1.54) is 66.9 Å². The molecule has 0 atom stereocenters. The number of hydrogen-bond acceptors (Lipinski definition) is 3. The SMILES string of the molecule is CCCC1CCC(N)(c2nc3c(s2)CCCC3)CC1. The predicted molar refractivity (Wildman–Crippen MR) is 81.5 cm³/mol. The third-order valence-electron chi connectivity index (χ3n) is 4.97. The summed E-state index contributed by atoms with van der Waals surface area (Å²) in [6.07, 6.45) is 12.6. The molecular formula is C16H26N2S. The summed E-state index contributed by atoms with van der Waals surface area (Å²) in [7, 11) is 0. The third-order valence-corrected chi connectivity index (χ3v) is 6.34. The van der Waals surface area contributed by atoms with Gasteiger partial charge in [0.2, 0.25) is 0 Å². The fraction of sp³-hybridized carbons (Fsp3) is 0.812. The van der Waals surface area contributed by atoms with E-state index in [1.807, 2.05) is 11.3 Å². The van der Waals surface area contributed by atoms with Gasteiger partial charge >= 0.3 is 0 Å². The summed E-state index contributed by atoms with van der Waals surface area (Å²) < 4.78 is 0. The first-order chi connectivity index (χ1) is 9.21. The maximum atomic E-state index is 6.70. The topological polar surface area (TPSA) is 38.9 Å². The number of nitrogens with two attached hydrogens (primary N) is 1. The molecule has 19 heavy (non-hydrogen) atoms. The van der Waals surface area contributed by atoms with Crippen molar-refractivity contribution in [3.8, 4) is 0 Å². The Bertz CT molecular complexity index is 406. The number of rotatable bonds is 3. The molecule has 3 heteroatoms. The van der Waals surface area contributed by atoms with Crippen molar-refractivity contribution in [3.05, 3.63) is 15.6 Å². The normalized spacial score (nSPS) is 31.2. The molecule has 1 heterocycles. The van der Waals surface area contributed by atoms with Gasteiger partial charge in [0, 0.05) is 4.88 Å². The van der Waals surface area contributed by atoms with Crippen molar-refractivity contribution in [2.24, 2.45) is 11.7 Å². The maximum absolute atomic E-state index is 6.70. The largest absolute Gasteiger partial charge is 0.319 e. The Labute approximate surface area is 120 Å². The molecule has 2 nitrogen and oxygen atoms in total. The first-order valence-corrected chi connectivity index (χ1v) is 8.81. The van der Waals surface area contributed by atoms with Gasteiger partial charge in [-0.15, -0.1) is 11.3 Å². The van der Waals surface area contributed by atoms with Crippen LogP contribution in [-0.2, 0) is 18.4 Å². The summed E-state index contributed by atoms with van der Waals surface area (Å²) in [6, 6.07) is 0. The van der Waals surface area contributed by atoms with Crippen LogP contribution in [0, 0.1) is 5.92 Å². The summed E-state index contributed by atoms with van der Waals surface area (Å²) >= 11 is 1.92. The number of aryl methyl sites for hydroxylation is 2. The molecule has 0 amide bonds. The molecule has 1 aromatic rings. The van der Waals surface area contributed by atoms with Crippen LogP contribution in [-0.4, -0.2) is 4.98 Å². The molecule has 0 aliphatic heterocycles. The molecule has 0 spiro atoms. The summed E-state index contributed by atoms with van der Waals surface area (Å²) in [6.45, 7) is 2.29. The molecule has 106 valence electrons. The fourth-order valence-electron chi connectivity index (χ4n) is 3.67. The average molecular weight is 278 g/mol. The number of nitrogens with zero attached hydrogens (tertiary/aromatic N) is 1. The first-order valence-electron chi connectivity index (χ1n) is 7.99. The van der Waals surface area contributed by atoms with Crippen LogP contribution in [0.5, 0.6) is 0 Å². The first kappa shape index (κ1) is 13.6. The molecule has 0 saturated heterocycles. The van der Waals surface area contributed by atoms with E-state index in [0.717, 1.165) is 18.8 Å². The van der Waals surface area contributed by atoms with Gasteiger partial charge in [-0.1, -0.05) is 19.8 Å². The smallest absolute Gasteiger partial charge is 0.113 e. The van der Waals surface area contributed by atoms with Crippen LogP contribution in [0.2, 0.25) is 0 Å². The Kier molecular flexibility index (Phi) is 3.95. The summed E-state index contributed by atoms with van der Waals surface area (Å²) in [4.78, 5) is 6.44. The zero-order chi connectivity index (χ0) is 13.3. The lowest BCUT2D eigenvalue weighted by atomic mass is 9.76. The van der Waals surface area contributed by atoms with Gasteiger partial charge < -0.3 is 5.73 Å². The molecule has 3 rings (SSSR count). The van der Waals surface area contributed by atoms with E-state index >= 15 is 0 Å². The zero-order valence-corrected chi connectivity index (χ0v) is 12.9. The number of hydrogen-bond donors (Lipinski definition) is 1. The Morgan fingerprint density at radius 3 is 2.68 bits per heavy atom. The molecular weight excluding hydrogens is 252 g/mol. The quantitative estimate of drug-likeness (QED) is 0.901. The van der Waals surface area contributed by atoms with E-state index in [2.05, 4.69) is 6.92 Å². The Morgan fingerprint density at radius 2 is 2.00 bits per heavy atom. The van der Waals surface area contributed by atoms with E-state index in [9.17, 15) is 0 Å². The molecule has 0 bridgehead atoms. The highest BCUT2D eigenvalue weighted by atomic mass is 32.1. The van der Waals surface area contributed by atoms with Gasteiger partial charge in [-0.25, -0.2) is 4.98 Å². The van der Waals surface area contributed by atoms with Crippen molar-refractivity contribution in [2.45, 2.75) is 76.7 Å². The van der Waals surface area contributed by atoms with Crippen molar-refractivity contribution in [1.82, 2.24) is 4.98 Å². The second-order valence-electron chi connectivity index (χ2n) is 6.48. The molecule has 0 aromatic carbocycles. The Hall–Kier alpha value is -0.410. The van der Waals surface area contributed by atoms with Crippen LogP contribution >= 0.6 is 11.3 Å². The van der Waals surface area contributed by atoms with Crippen molar-refractivity contribution >= 4 is 11.3 Å². The van der Waals surface area contributed by atoms with E-state index in [0.29, 0.717) is 0 Å².